The van der Waals surface area contributed by atoms with Crippen LogP contribution in [0.15, 0.2) is 0 Å². The summed E-state index contributed by atoms with van der Waals surface area (Å²) < 4.78 is 4.55. The molecule has 1 fully saturated rings. The second-order valence-corrected chi connectivity index (χ2v) is 3.09. The van der Waals surface area contributed by atoms with Crippen molar-refractivity contribution in [3.05, 3.63) is 0 Å². The monoisotopic (exact) mass is 175 g/mol. The molecule has 12 heavy (non-hydrogen) atoms. The maximum atomic E-state index is 8.43. The lowest BCUT2D eigenvalue weighted by molar-refractivity contribution is 0.0765. The molecule has 0 aromatic heterocycles. The Hall–Kier alpha value is -0.120. The molecule has 0 aromatic carbocycles. The summed E-state index contributed by atoms with van der Waals surface area (Å²) >= 11 is 0. The maximum absolute atomic E-state index is 8.43. The zero-order valence-corrected chi connectivity index (χ0v) is 8.42. The predicted molar refractivity (Wildman–Crippen MR) is 50.3 cm³/mol. The normalized spacial score (nSPS) is 19.0. The largest absolute Gasteiger partial charge is 0.391 e. The lowest BCUT2D eigenvalue weighted by atomic mass is 10.2. The Morgan fingerprint density at radius 3 is 2.08 bits per heavy atom. The molecular formula is C9H21NO2. The van der Waals surface area contributed by atoms with E-state index in [2.05, 4.69) is 16.6 Å². The van der Waals surface area contributed by atoms with Crippen molar-refractivity contribution in [1.82, 2.24) is 4.90 Å². The molecule has 1 atom stereocenters. The summed E-state index contributed by atoms with van der Waals surface area (Å²) in [5, 5.41) is 8.43. The molecule has 1 N–H and O–H groups in total. The van der Waals surface area contributed by atoms with Crippen LogP contribution in [0.5, 0.6) is 0 Å². The van der Waals surface area contributed by atoms with Crippen LogP contribution >= 0.6 is 0 Å². The number of nitrogens with zero attached hydrogens (tertiary/aromatic N) is 1. The van der Waals surface area contributed by atoms with Gasteiger partial charge in [-0.05, 0) is 33.0 Å². The van der Waals surface area contributed by atoms with Crippen molar-refractivity contribution in [3.8, 4) is 0 Å². The Balaban J connectivity index is 0.000000202. The molecule has 1 rings (SSSR count). The van der Waals surface area contributed by atoms with E-state index in [1.54, 1.807) is 14.0 Å². The Morgan fingerprint density at radius 1 is 1.50 bits per heavy atom. The predicted octanol–water partition coefficient (Wildman–Crippen LogP) is 0.726. The SMILES string of the molecule is CCN1CCC1.COCC(C)O. The molecule has 3 heteroatoms. The minimum Gasteiger partial charge on any atom is -0.391 e. The molecule has 1 saturated heterocycles. The quantitative estimate of drug-likeness (QED) is 0.686. The highest BCUT2D eigenvalue weighted by molar-refractivity contribution is 4.64. The molecule has 1 aliphatic heterocycles. The van der Waals surface area contributed by atoms with Crippen LogP contribution in [0.1, 0.15) is 20.3 Å². The molecular weight excluding hydrogens is 154 g/mol. The van der Waals surface area contributed by atoms with Crippen LogP contribution in [-0.2, 0) is 4.74 Å². The van der Waals surface area contributed by atoms with Gasteiger partial charge < -0.3 is 14.7 Å². The zero-order valence-electron chi connectivity index (χ0n) is 8.42. The number of methoxy groups -OCH3 is 1. The van der Waals surface area contributed by atoms with Gasteiger partial charge in [0.1, 0.15) is 0 Å². The van der Waals surface area contributed by atoms with Crippen molar-refractivity contribution < 1.29 is 9.84 Å². The van der Waals surface area contributed by atoms with Crippen molar-refractivity contribution in [2.24, 2.45) is 0 Å². The van der Waals surface area contributed by atoms with Crippen LogP contribution in [-0.4, -0.2) is 49.5 Å². The van der Waals surface area contributed by atoms with Gasteiger partial charge >= 0.3 is 0 Å². The Kier molecular flexibility index (Phi) is 7.45. The standard InChI is InChI=1S/C5H11N.C4H10O2/c1-2-6-4-3-5-6;1-4(5)3-6-2/h2-5H2,1H3;4-5H,3H2,1-2H3. The molecule has 1 heterocycles. The Bertz CT molecular complexity index is 89.8. The second kappa shape index (κ2) is 7.53. The molecule has 0 aromatic rings. The van der Waals surface area contributed by atoms with E-state index in [1.807, 2.05) is 0 Å². The van der Waals surface area contributed by atoms with E-state index in [9.17, 15) is 0 Å². The van der Waals surface area contributed by atoms with Gasteiger partial charge in [0.2, 0.25) is 0 Å². The van der Waals surface area contributed by atoms with E-state index in [0.717, 1.165) is 0 Å². The smallest absolute Gasteiger partial charge is 0.0745 e. The van der Waals surface area contributed by atoms with Gasteiger partial charge in [0.05, 0.1) is 12.7 Å². The summed E-state index contributed by atoms with van der Waals surface area (Å²) in [6, 6.07) is 0. The molecule has 0 amide bonds. The number of hydrogen-bond acceptors (Lipinski definition) is 3. The van der Waals surface area contributed by atoms with Crippen LogP contribution in [0.25, 0.3) is 0 Å². The minimum absolute atomic E-state index is 0.324. The summed E-state index contributed by atoms with van der Waals surface area (Å²) in [5.41, 5.74) is 0. The van der Waals surface area contributed by atoms with E-state index >= 15 is 0 Å². The highest BCUT2D eigenvalue weighted by Gasteiger charge is 2.08. The van der Waals surface area contributed by atoms with Crippen molar-refractivity contribution in [2.75, 3.05) is 33.4 Å². The molecule has 0 spiro atoms. The average Bonchev–Trinajstić information content (AvgIpc) is 1.85. The van der Waals surface area contributed by atoms with Crippen molar-refractivity contribution >= 4 is 0 Å². The van der Waals surface area contributed by atoms with Gasteiger partial charge in [-0.25, -0.2) is 0 Å². The second-order valence-electron chi connectivity index (χ2n) is 3.09. The number of ether oxygens (including phenoxy) is 1. The van der Waals surface area contributed by atoms with E-state index in [-0.39, 0.29) is 6.10 Å². The number of aliphatic hydroxyl groups is 1. The van der Waals surface area contributed by atoms with E-state index in [4.69, 9.17) is 5.11 Å². The van der Waals surface area contributed by atoms with E-state index in [0.29, 0.717) is 6.61 Å². The fourth-order valence-electron chi connectivity index (χ4n) is 0.939. The van der Waals surface area contributed by atoms with Crippen LogP contribution in [0.4, 0.5) is 0 Å². The van der Waals surface area contributed by atoms with Crippen LogP contribution in [0.2, 0.25) is 0 Å². The molecule has 1 aliphatic rings. The van der Waals surface area contributed by atoms with Crippen molar-refractivity contribution in [1.29, 1.82) is 0 Å². The first-order chi connectivity index (χ1) is 5.70. The zero-order chi connectivity index (χ0) is 9.40. The average molecular weight is 175 g/mol. The molecule has 0 aliphatic carbocycles. The topological polar surface area (TPSA) is 32.7 Å². The third kappa shape index (κ3) is 6.58. The Morgan fingerprint density at radius 2 is 2.08 bits per heavy atom. The first kappa shape index (κ1) is 11.9. The third-order valence-electron chi connectivity index (χ3n) is 1.80. The molecule has 1 unspecified atom stereocenters. The lowest BCUT2D eigenvalue weighted by Crippen LogP contribution is -2.36. The molecule has 74 valence electrons. The van der Waals surface area contributed by atoms with Crippen LogP contribution in [0.3, 0.4) is 0 Å². The van der Waals surface area contributed by atoms with Gasteiger partial charge in [0.15, 0.2) is 0 Å². The van der Waals surface area contributed by atoms with Gasteiger partial charge in [0.25, 0.3) is 0 Å². The Labute approximate surface area is 75.3 Å². The minimum atomic E-state index is -0.324. The summed E-state index contributed by atoms with van der Waals surface area (Å²) in [6.07, 6.45) is 1.10. The van der Waals surface area contributed by atoms with Crippen LogP contribution in [0, 0.1) is 0 Å². The number of rotatable bonds is 3. The number of likely N-dealkylation sites (tertiary alicyclic amines) is 1. The summed E-state index contributed by atoms with van der Waals surface area (Å²) in [6.45, 7) is 8.26. The summed E-state index contributed by atoms with van der Waals surface area (Å²) in [5.74, 6) is 0. The number of aliphatic hydroxyl groups excluding tert-OH is 1. The van der Waals surface area contributed by atoms with Gasteiger partial charge in [-0.15, -0.1) is 0 Å². The van der Waals surface area contributed by atoms with Gasteiger partial charge in [-0.1, -0.05) is 6.92 Å². The summed E-state index contributed by atoms with van der Waals surface area (Å²) in [4.78, 5) is 2.43. The first-order valence-corrected chi connectivity index (χ1v) is 4.60. The summed E-state index contributed by atoms with van der Waals surface area (Å²) in [7, 11) is 1.56. The molecule has 0 radical (unpaired) electrons. The first-order valence-electron chi connectivity index (χ1n) is 4.60. The van der Waals surface area contributed by atoms with Crippen molar-refractivity contribution in [3.63, 3.8) is 0 Å². The number of hydrogen-bond donors (Lipinski definition) is 1. The maximum Gasteiger partial charge on any atom is 0.0745 e. The molecule has 3 nitrogen and oxygen atoms in total. The van der Waals surface area contributed by atoms with Gasteiger partial charge in [-0.3, -0.25) is 0 Å². The van der Waals surface area contributed by atoms with E-state index < -0.39 is 0 Å². The van der Waals surface area contributed by atoms with Crippen molar-refractivity contribution in [2.45, 2.75) is 26.4 Å². The fraction of sp³-hybridized carbons (Fsp3) is 1.00. The highest BCUT2D eigenvalue weighted by Crippen LogP contribution is 2.02. The lowest BCUT2D eigenvalue weighted by Gasteiger charge is -2.28. The third-order valence-corrected chi connectivity index (χ3v) is 1.80. The highest BCUT2D eigenvalue weighted by atomic mass is 16.5. The van der Waals surface area contributed by atoms with Crippen LogP contribution < -0.4 is 0 Å². The van der Waals surface area contributed by atoms with Gasteiger partial charge in [0, 0.05) is 7.11 Å². The van der Waals surface area contributed by atoms with Gasteiger partial charge in [-0.2, -0.15) is 0 Å². The fourth-order valence-corrected chi connectivity index (χ4v) is 0.939. The molecule has 0 saturated carbocycles. The molecule has 0 bridgehead atoms. The van der Waals surface area contributed by atoms with E-state index in [1.165, 1.54) is 26.1 Å².